The van der Waals surface area contributed by atoms with E-state index < -0.39 is 11.6 Å². The van der Waals surface area contributed by atoms with Crippen LogP contribution in [0.4, 0.5) is 8.78 Å². The van der Waals surface area contributed by atoms with E-state index in [1.807, 2.05) is 24.3 Å². The quantitative estimate of drug-likeness (QED) is 0.678. The number of hydrogen-bond donors (Lipinski definition) is 0. The summed E-state index contributed by atoms with van der Waals surface area (Å²) < 4.78 is 30.4. The number of para-hydroxylation sites is 1. The third kappa shape index (κ3) is 1.68. The normalized spacial score (nSPS) is 15.7. The molecule has 0 atom stereocenters. The number of fused-ring (bicyclic) bond motifs is 2. The lowest BCUT2D eigenvalue weighted by Crippen LogP contribution is -2.16. The van der Waals surface area contributed by atoms with E-state index in [0.717, 1.165) is 22.3 Å². The summed E-state index contributed by atoms with van der Waals surface area (Å²) in [4.78, 5) is 13.4. The Hall–Kier alpha value is -3.15. The molecule has 0 N–H and O–H groups in total. The van der Waals surface area contributed by atoms with Crippen molar-refractivity contribution in [3.8, 4) is 0 Å². The van der Waals surface area contributed by atoms with Gasteiger partial charge in [-0.25, -0.2) is 18.8 Å². The molecule has 3 heterocycles. The molecular weight excluding hydrogens is 310 g/mol. The van der Waals surface area contributed by atoms with Gasteiger partial charge in [0.1, 0.15) is 18.0 Å². The maximum absolute atomic E-state index is 14.4. The second kappa shape index (κ2) is 4.67. The minimum Gasteiger partial charge on any atom is -0.282 e. The highest BCUT2D eigenvalue weighted by molar-refractivity contribution is 6.24. The van der Waals surface area contributed by atoms with Crippen molar-refractivity contribution in [1.29, 1.82) is 0 Å². The number of aliphatic imine (C=N–C) groups is 2. The number of rotatable bonds is 1. The maximum Gasteiger partial charge on any atom is 0.152 e. The SMILES string of the molecule is Fc1cccc(F)c1C1=NC2=CCN=C2c2cccc3ncn1c23. The van der Waals surface area contributed by atoms with Gasteiger partial charge < -0.3 is 0 Å². The molecule has 0 radical (unpaired) electrons. The first-order valence-corrected chi connectivity index (χ1v) is 7.49. The van der Waals surface area contributed by atoms with Gasteiger partial charge in [-0.15, -0.1) is 0 Å². The van der Waals surface area contributed by atoms with E-state index in [1.165, 1.54) is 18.2 Å². The van der Waals surface area contributed by atoms with Gasteiger partial charge in [0.25, 0.3) is 0 Å². The molecule has 0 bridgehead atoms. The Bertz CT molecular complexity index is 1090. The first kappa shape index (κ1) is 13.3. The summed E-state index contributed by atoms with van der Waals surface area (Å²) in [5.41, 5.74) is 3.54. The van der Waals surface area contributed by atoms with Crippen LogP contribution in [0.25, 0.3) is 11.0 Å². The second-order valence-corrected chi connectivity index (χ2v) is 5.60. The predicted molar refractivity (Wildman–Crippen MR) is 87.5 cm³/mol. The lowest BCUT2D eigenvalue weighted by molar-refractivity contribution is 0.578. The molecule has 4 nitrogen and oxygen atoms in total. The van der Waals surface area contributed by atoms with Crippen molar-refractivity contribution >= 4 is 22.6 Å². The minimum atomic E-state index is -0.660. The van der Waals surface area contributed by atoms with Crippen molar-refractivity contribution < 1.29 is 8.78 Å². The fourth-order valence-corrected chi connectivity index (χ4v) is 3.20. The molecule has 0 saturated heterocycles. The summed E-state index contributed by atoms with van der Waals surface area (Å²) in [7, 11) is 0. The molecule has 1 aromatic heterocycles. The lowest BCUT2D eigenvalue weighted by atomic mass is 10.1. The van der Waals surface area contributed by atoms with E-state index in [4.69, 9.17) is 0 Å². The van der Waals surface area contributed by atoms with Crippen LogP contribution < -0.4 is 0 Å². The summed E-state index contributed by atoms with van der Waals surface area (Å²) in [5, 5.41) is 0. The molecule has 116 valence electrons. The van der Waals surface area contributed by atoms with E-state index in [-0.39, 0.29) is 11.4 Å². The molecule has 3 aromatic rings. The Morgan fingerprint density at radius 2 is 1.79 bits per heavy atom. The second-order valence-electron chi connectivity index (χ2n) is 5.60. The zero-order chi connectivity index (χ0) is 16.3. The highest BCUT2D eigenvalue weighted by Crippen LogP contribution is 2.29. The Balaban J connectivity index is 1.93. The van der Waals surface area contributed by atoms with Crippen LogP contribution in [0, 0.1) is 11.6 Å². The van der Waals surface area contributed by atoms with Crippen molar-refractivity contribution in [2.24, 2.45) is 9.98 Å². The summed E-state index contributed by atoms with van der Waals surface area (Å²) in [6.45, 7) is 0.506. The van der Waals surface area contributed by atoms with Gasteiger partial charge in [-0.1, -0.05) is 18.2 Å². The minimum absolute atomic E-state index is 0.166. The number of aromatic nitrogens is 2. The van der Waals surface area contributed by atoms with Crippen molar-refractivity contribution in [2.45, 2.75) is 0 Å². The van der Waals surface area contributed by atoms with Crippen LogP contribution >= 0.6 is 0 Å². The molecule has 0 fully saturated rings. The summed E-state index contributed by atoms with van der Waals surface area (Å²) in [5.74, 6) is -1.14. The molecule has 6 heteroatoms. The Morgan fingerprint density at radius 1 is 1.00 bits per heavy atom. The van der Waals surface area contributed by atoms with E-state index >= 15 is 0 Å². The van der Waals surface area contributed by atoms with Crippen LogP contribution in [0.15, 0.2) is 64.5 Å². The number of benzene rings is 2. The number of nitrogens with zero attached hydrogens (tertiary/aromatic N) is 4. The average Bonchev–Trinajstić information content (AvgIpc) is 3.17. The van der Waals surface area contributed by atoms with Gasteiger partial charge in [-0.3, -0.25) is 9.56 Å². The number of allylic oxidation sites excluding steroid dienone is 1. The molecule has 0 spiro atoms. The van der Waals surface area contributed by atoms with E-state index in [1.54, 1.807) is 10.9 Å². The molecule has 2 aromatic carbocycles. The van der Waals surface area contributed by atoms with Gasteiger partial charge in [-0.05, 0) is 24.3 Å². The van der Waals surface area contributed by atoms with Gasteiger partial charge in [0, 0.05) is 5.56 Å². The molecule has 0 aliphatic carbocycles. The van der Waals surface area contributed by atoms with Crippen molar-refractivity contribution in [1.82, 2.24) is 9.55 Å². The maximum atomic E-state index is 14.4. The lowest BCUT2D eigenvalue weighted by Gasteiger charge is -2.10. The number of hydrogen-bond acceptors (Lipinski definition) is 3. The monoisotopic (exact) mass is 320 g/mol. The molecule has 5 rings (SSSR count). The summed E-state index contributed by atoms with van der Waals surface area (Å²) in [6.07, 6.45) is 3.40. The van der Waals surface area contributed by atoms with Crippen LogP contribution in [0.5, 0.6) is 0 Å². The van der Waals surface area contributed by atoms with Crippen molar-refractivity contribution in [2.75, 3.05) is 6.54 Å². The molecular formula is C18H10F2N4. The smallest absolute Gasteiger partial charge is 0.152 e. The molecule has 24 heavy (non-hydrogen) atoms. The van der Waals surface area contributed by atoms with Gasteiger partial charge in [0.15, 0.2) is 5.84 Å². The zero-order valence-electron chi connectivity index (χ0n) is 12.4. The Morgan fingerprint density at radius 3 is 2.62 bits per heavy atom. The van der Waals surface area contributed by atoms with Gasteiger partial charge in [-0.2, -0.15) is 0 Å². The van der Waals surface area contributed by atoms with Crippen LogP contribution in [-0.4, -0.2) is 27.6 Å². The standard InChI is InChI=1S/C18H10F2N4/c19-11-4-2-5-12(20)15(11)18-23-13-7-8-21-16(13)10-3-1-6-14-17(10)24(18)9-22-14/h1-7,9H,8H2. The van der Waals surface area contributed by atoms with Crippen LogP contribution in [0.2, 0.25) is 0 Å². The fourth-order valence-electron chi connectivity index (χ4n) is 3.20. The van der Waals surface area contributed by atoms with Gasteiger partial charge in [0.05, 0.1) is 34.6 Å². The molecule has 2 aliphatic heterocycles. The average molecular weight is 320 g/mol. The molecule has 0 saturated carbocycles. The summed E-state index contributed by atoms with van der Waals surface area (Å²) in [6, 6.07) is 9.46. The van der Waals surface area contributed by atoms with Crippen molar-refractivity contribution in [3.05, 3.63) is 77.3 Å². The van der Waals surface area contributed by atoms with Crippen molar-refractivity contribution in [3.63, 3.8) is 0 Å². The van der Waals surface area contributed by atoms with Crippen LogP contribution in [-0.2, 0) is 0 Å². The summed E-state index contributed by atoms with van der Waals surface area (Å²) >= 11 is 0. The third-order valence-electron chi connectivity index (χ3n) is 4.24. The molecule has 0 unspecified atom stereocenters. The first-order chi connectivity index (χ1) is 11.7. The van der Waals surface area contributed by atoms with Gasteiger partial charge in [0.2, 0.25) is 0 Å². The molecule has 2 aliphatic rings. The number of imidazole rings is 1. The highest BCUT2D eigenvalue weighted by Gasteiger charge is 2.27. The zero-order valence-corrected chi connectivity index (χ0v) is 12.4. The highest BCUT2D eigenvalue weighted by atomic mass is 19.1. The largest absolute Gasteiger partial charge is 0.282 e. The van der Waals surface area contributed by atoms with Crippen LogP contribution in [0.1, 0.15) is 11.1 Å². The van der Waals surface area contributed by atoms with E-state index in [0.29, 0.717) is 12.2 Å². The first-order valence-electron chi connectivity index (χ1n) is 7.49. The predicted octanol–water partition coefficient (Wildman–Crippen LogP) is 3.31. The third-order valence-corrected chi connectivity index (χ3v) is 4.24. The Kier molecular flexibility index (Phi) is 2.59. The Labute approximate surface area is 135 Å². The van der Waals surface area contributed by atoms with Crippen LogP contribution in [0.3, 0.4) is 0 Å². The number of halogens is 2. The molecule has 0 amide bonds. The van der Waals surface area contributed by atoms with E-state index in [2.05, 4.69) is 15.0 Å². The topological polar surface area (TPSA) is 42.5 Å². The van der Waals surface area contributed by atoms with Gasteiger partial charge >= 0.3 is 0 Å². The van der Waals surface area contributed by atoms with E-state index in [9.17, 15) is 8.78 Å². The fraction of sp³-hybridized carbons (Fsp3) is 0.0556.